The standard InChI is InChI=1S/C11H8BrF2N3O2S/c12-6-1-10(11(15)16-5-6)20(18,19)17-9-3-7(13)2-8(14)4-9/h1-5,17H,(H2,15,16). The van der Waals surface area contributed by atoms with Crippen LogP contribution in [0.1, 0.15) is 0 Å². The first-order valence-electron chi connectivity index (χ1n) is 5.18. The Kier molecular flexibility index (Phi) is 3.91. The third-order valence-electron chi connectivity index (χ3n) is 2.25. The van der Waals surface area contributed by atoms with E-state index < -0.39 is 21.7 Å². The lowest BCUT2D eigenvalue weighted by atomic mass is 10.3. The van der Waals surface area contributed by atoms with Gasteiger partial charge in [0, 0.05) is 16.7 Å². The summed E-state index contributed by atoms with van der Waals surface area (Å²) in [5, 5.41) is 0. The number of nitrogens with two attached hydrogens (primary N) is 1. The van der Waals surface area contributed by atoms with Gasteiger partial charge in [-0.1, -0.05) is 0 Å². The second kappa shape index (κ2) is 5.33. The van der Waals surface area contributed by atoms with Crippen LogP contribution in [0.25, 0.3) is 0 Å². The van der Waals surface area contributed by atoms with Gasteiger partial charge in [0.1, 0.15) is 22.3 Å². The molecule has 0 fully saturated rings. The molecule has 0 atom stereocenters. The fourth-order valence-corrected chi connectivity index (χ4v) is 3.10. The van der Waals surface area contributed by atoms with Gasteiger partial charge in [0.25, 0.3) is 10.0 Å². The first-order valence-corrected chi connectivity index (χ1v) is 7.45. The van der Waals surface area contributed by atoms with Gasteiger partial charge in [0.15, 0.2) is 0 Å². The zero-order chi connectivity index (χ0) is 14.9. The molecular weight excluding hydrogens is 356 g/mol. The third-order valence-corrected chi connectivity index (χ3v) is 4.10. The summed E-state index contributed by atoms with van der Waals surface area (Å²) in [6.45, 7) is 0. The number of aromatic nitrogens is 1. The molecule has 3 N–H and O–H groups in total. The highest BCUT2D eigenvalue weighted by atomic mass is 79.9. The minimum absolute atomic E-state index is 0.224. The van der Waals surface area contributed by atoms with Gasteiger partial charge in [-0.05, 0) is 34.1 Å². The van der Waals surface area contributed by atoms with E-state index in [0.717, 1.165) is 12.1 Å². The highest BCUT2D eigenvalue weighted by Crippen LogP contribution is 2.23. The van der Waals surface area contributed by atoms with Crippen molar-refractivity contribution >= 4 is 37.5 Å². The number of sulfonamides is 1. The first-order chi connectivity index (χ1) is 9.28. The predicted molar refractivity (Wildman–Crippen MR) is 73.5 cm³/mol. The lowest BCUT2D eigenvalue weighted by molar-refractivity contribution is 0.584. The summed E-state index contributed by atoms with van der Waals surface area (Å²) in [6.07, 6.45) is 1.33. The molecule has 0 amide bonds. The SMILES string of the molecule is Nc1ncc(Br)cc1S(=O)(=O)Nc1cc(F)cc(F)c1. The average molecular weight is 364 g/mol. The van der Waals surface area contributed by atoms with Crippen molar-refractivity contribution in [2.24, 2.45) is 0 Å². The van der Waals surface area contributed by atoms with Gasteiger partial charge >= 0.3 is 0 Å². The van der Waals surface area contributed by atoms with Crippen LogP contribution in [0.5, 0.6) is 0 Å². The molecule has 0 spiro atoms. The maximum atomic E-state index is 13.0. The maximum absolute atomic E-state index is 13.0. The van der Waals surface area contributed by atoms with Crippen LogP contribution in [-0.2, 0) is 10.0 Å². The molecule has 106 valence electrons. The molecular formula is C11H8BrF2N3O2S. The molecule has 1 heterocycles. The highest BCUT2D eigenvalue weighted by molar-refractivity contribution is 9.10. The zero-order valence-electron chi connectivity index (χ0n) is 9.77. The predicted octanol–water partition coefficient (Wildman–Crippen LogP) is 2.51. The molecule has 0 unspecified atom stereocenters. The van der Waals surface area contributed by atoms with Gasteiger partial charge in [-0.15, -0.1) is 0 Å². The Morgan fingerprint density at radius 1 is 1.15 bits per heavy atom. The molecule has 9 heteroatoms. The second-order valence-corrected chi connectivity index (χ2v) is 6.37. The van der Waals surface area contributed by atoms with Crippen LogP contribution in [-0.4, -0.2) is 13.4 Å². The molecule has 1 aromatic heterocycles. The van der Waals surface area contributed by atoms with Crippen molar-refractivity contribution < 1.29 is 17.2 Å². The van der Waals surface area contributed by atoms with E-state index in [0.29, 0.717) is 10.5 Å². The van der Waals surface area contributed by atoms with Crippen LogP contribution in [0.3, 0.4) is 0 Å². The molecule has 2 rings (SSSR count). The van der Waals surface area contributed by atoms with E-state index in [9.17, 15) is 17.2 Å². The number of nitrogen functional groups attached to an aromatic ring is 1. The smallest absolute Gasteiger partial charge is 0.265 e. The number of hydrogen-bond donors (Lipinski definition) is 2. The number of pyridine rings is 1. The molecule has 0 aliphatic heterocycles. The van der Waals surface area contributed by atoms with E-state index >= 15 is 0 Å². The summed E-state index contributed by atoms with van der Waals surface area (Å²) in [5.41, 5.74) is 5.24. The van der Waals surface area contributed by atoms with Crippen LogP contribution in [0.2, 0.25) is 0 Å². The van der Waals surface area contributed by atoms with Crippen LogP contribution in [0, 0.1) is 11.6 Å². The van der Waals surface area contributed by atoms with Crippen molar-refractivity contribution in [1.29, 1.82) is 0 Å². The Balaban J connectivity index is 2.43. The lowest BCUT2D eigenvalue weighted by Gasteiger charge is -2.10. The van der Waals surface area contributed by atoms with Gasteiger partial charge in [-0.3, -0.25) is 4.72 Å². The second-order valence-electron chi connectivity index (χ2n) is 3.80. The van der Waals surface area contributed by atoms with E-state index in [1.54, 1.807) is 0 Å². The van der Waals surface area contributed by atoms with Gasteiger partial charge in [0.2, 0.25) is 0 Å². The van der Waals surface area contributed by atoms with Crippen molar-refractivity contribution in [3.8, 4) is 0 Å². The van der Waals surface area contributed by atoms with E-state index in [2.05, 4.69) is 20.9 Å². The maximum Gasteiger partial charge on any atom is 0.265 e. The Bertz CT molecular complexity index is 748. The van der Waals surface area contributed by atoms with E-state index in [4.69, 9.17) is 5.73 Å². The minimum Gasteiger partial charge on any atom is -0.383 e. The lowest BCUT2D eigenvalue weighted by Crippen LogP contribution is -2.15. The van der Waals surface area contributed by atoms with Crippen LogP contribution in [0.15, 0.2) is 39.8 Å². The van der Waals surface area contributed by atoms with Crippen molar-refractivity contribution in [2.45, 2.75) is 4.90 Å². The largest absolute Gasteiger partial charge is 0.383 e. The summed E-state index contributed by atoms with van der Waals surface area (Å²) in [5.74, 6) is -2.02. The number of anilines is 2. The Labute approximate surface area is 122 Å². The Hall–Kier alpha value is -1.74. The number of benzene rings is 1. The number of nitrogens with one attached hydrogen (secondary N) is 1. The normalized spacial score (nSPS) is 11.3. The summed E-state index contributed by atoms with van der Waals surface area (Å²) >= 11 is 3.07. The molecule has 0 bridgehead atoms. The number of nitrogens with zero attached hydrogens (tertiary/aromatic N) is 1. The fourth-order valence-electron chi connectivity index (χ4n) is 1.47. The summed E-state index contributed by atoms with van der Waals surface area (Å²) < 4.78 is 52.7. The molecule has 1 aromatic carbocycles. The zero-order valence-corrected chi connectivity index (χ0v) is 12.2. The molecule has 0 saturated carbocycles. The molecule has 0 aliphatic rings. The van der Waals surface area contributed by atoms with Gasteiger partial charge in [-0.25, -0.2) is 22.2 Å². The van der Waals surface area contributed by atoms with Crippen molar-refractivity contribution in [3.05, 3.63) is 46.6 Å². The van der Waals surface area contributed by atoms with Crippen molar-refractivity contribution in [2.75, 3.05) is 10.5 Å². The molecule has 0 saturated heterocycles. The van der Waals surface area contributed by atoms with Crippen molar-refractivity contribution in [1.82, 2.24) is 4.98 Å². The summed E-state index contributed by atoms with van der Waals surface area (Å²) in [6, 6.07) is 3.57. The molecule has 0 aliphatic carbocycles. The molecule has 5 nitrogen and oxygen atoms in total. The number of rotatable bonds is 3. The molecule has 2 aromatic rings. The third kappa shape index (κ3) is 3.23. The fraction of sp³-hybridized carbons (Fsp3) is 0. The van der Waals surface area contributed by atoms with Gasteiger partial charge < -0.3 is 5.73 Å². The van der Waals surface area contributed by atoms with Crippen LogP contribution in [0.4, 0.5) is 20.3 Å². The Morgan fingerprint density at radius 2 is 1.75 bits per heavy atom. The number of hydrogen-bond acceptors (Lipinski definition) is 4. The van der Waals surface area contributed by atoms with E-state index in [1.165, 1.54) is 12.3 Å². The first kappa shape index (κ1) is 14.7. The summed E-state index contributed by atoms with van der Waals surface area (Å²) in [7, 11) is -4.10. The van der Waals surface area contributed by atoms with Crippen LogP contribution >= 0.6 is 15.9 Å². The number of halogens is 3. The quantitative estimate of drug-likeness (QED) is 0.877. The van der Waals surface area contributed by atoms with E-state index in [-0.39, 0.29) is 16.4 Å². The highest BCUT2D eigenvalue weighted by Gasteiger charge is 2.19. The monoisotopic (exact) mass is 363 g/mol. The van der Waals surface area contributed by atoms with E-state index in [1.807, 2.05) is 4.72 Å². The van der Waals surface area contributed by atoms with Gasteiger partial charge in [-0.2, -0.15) is 0 Å². The summed E-state index contributed by atoms with van der Waals surface area (Å²) in [4.78, 5) is 3.39. The Morgan fingerprint density at radius 3 is 2.35 bits per heavy atom. The van der Waals surface area contributed by atoms with Gasteiger partial charge in [0.05, 0.1) is 5.69 Å². The molecule has 20 heavy (non-hydrogen) atoms. The minimum atomic E-state index is -4.10. The van der Waals surface area contributed by atoms with Crippen LogP contribution < -0.4 is 10.5 Å². The average Bonchev–Trinajstić information content (AvgIpc) is 2.30. The molecule has 0 radical (unpaired) electrons. The van der Waals surface area contributed by atoms with Crippen molar-refractivity contribution in [3.63, 3.8) is 0 Å². The topological polar surface area (TPSA) is 85.1 Å².